The third kappa shape index (κ3) is 5.49. The summed E-state index contributed by atoms with van der Waals surface area (Å²) >= 11 is 0. The second-order valence-corrected chi connectivity index (χ2v) is 8.14. The Morgan fingerprint density at radius 1 is 1.00 bits per heavy atom. The van der Waals surface area contributed by atoms with E-state index in [-0.39, 0.29) is 11.6 Å². The summed E-state index contributed by atoms with van der Waals surface area (Å²) in [6.45, 7) is 10.3. The highest BCUT2D eigenvalue weighted by Gasteiger charge is 2.34. The van der Waals surface area contributed by atoms with E-state index in [9.17, 15) is 9.59 Å². The van der Waals surface area contributed by atoms with E-state index in [1.165, 1.54) is 0 Å². The van der Waals surface area contributed by atoms with E-state index in [4.69, 9.17) is 0 Å². The second kappa shape index (κ2) is 10.2. The molecular formula is C24H31N5O2. The molecule has 1 heterocycles. The van der Waals surface area contributed by atoms with Crippen molar-refractivity contribution in [2.45, 2.75) is 46.3 Å². The average molecular weight is 422 g/mol. The molecule has 0 radical (unpaired) electrons. The molecule has 0 fully saturated rings. The van der Waals surface area contributed by atoms with Crippen LogP contribution in [0.2, 0.25) is 0 Å². The molecule has 31 heavy (non-hydrogen) atoms. The number of hydrogen-bond acceptors (Lipinski definition) is 4. The van der Waals surface area contributed by atoms with Gasteiger partial charge in [0.15, 0.2) is 5.71 Å². The zero-order valence-corrected chi connectivity index (χ0v) is 18.6. The van der Waals surface area contributed by atoms with Crippen molar-refractivity contribution in [3.63, 3.8) is 0 Å². The topological polar surface area (TPSA) is 77.0 Å². The molecule has 1 aliphatic rings. The summed E-state index contributed by atoms with van der Waals surface area (Å²) in [6, 6.07) is 17.5. The zero-order chi connectivity index (χ0) is 22.4. The molecule has 164 valence electrons. The normalized spacial score (nSPS) is 14.6. The van der Waals surface area contributed by atoms with Crippen LogP contribution in [0.1, 0.15) is 38.8 Å². The predicted molar refractivity (Wildman–Crippen MR) is 124 cm³/mol. The summed E-state index contributed by atoms with van der Waals surface area (Å²) in [5.41, 5.74) is 5.27. The molecule has 0 atom stereocenters. The maximum Gasteiger partial charge on any atom is 0.335 e. The molecular weight excluding hydrogens is 390 g/mol. The van der Waals surface area contributed by atoms with Crippen molar-refractivity contribution in [3.8, 4) is 0 Å². The molecule has 1 aliphatic heterocycles. The molecule has 0 bridgehead atoms. The Kier molecular flexibility index (Phi) is 7.41. The van der Waals surface area contributed by atoms with Gasteiger partial charge >= 0.3 is 6.03 Å². The van der Waals surface area contributed by atoms with Crippen LogP contribution in [-0.4, -0.2) is 47.7 Å². The van der Waals surface area contributed by atoms with Gasteiger partial charge in [0.05, 0.1) is 5.69 Å². The van der Waals surface area contributed by atoms with Crippen LogP contribution in [0.15, 0.2) is 59.7 Å². The van der Waals surface area contributed by atoms with Crippen LogP contribution in [0, 0.1) is 0 Å². The van der Waals surface area contributed by atoms with Gasteiger partial charge in [0, 0.05) is 37.3 Å². The lowest BCUT2D eigenvalue weighted by Gasteiger charge is -2.32. The largest absolute Gasteiger partial charge is 0.335 e. The number of nitrogens with one attached hydrogen (secondary N) is 2. The number of para-hydroxylation sites is 1. The first-order valence-electron chi connectivity index (χ1n) is 10.7. The highest BCUT2D eigenvalue weighted by molar-refractivity contribution is 6.54. The lowest BCUT2D eigenvalue weighted by Crippen LogP contribution is -2.44. The lowest BCUT2D eigenvalue weighted by atomic mass is 10.1. The molecule has 0 aliphatic carbocycles. The van der Waals surface area contributed by atoms with Crippen LogP contribution in [0.5, 0.6) is 0 Å². The van der Waals surface area contributed by atoms with E-state index in [0.29, 0.717) is 25.2 Å². The number of benzene rings is 2. The van der Waals surface area contributed by atoms with Gasteiger partial charge in [-0.2, -0.15) is 5.10 Å². The van der Waals surface area contributed by atoms with Crippen LogP contribution in [0.25, 0.3) is 0 Å². The fourth-order valence-corrected chi connectivity index (χ4v) is 3.84. The van der Waals surface area contributed by atoms with Crippen LogP contribution >= 0.6 is 0 Å². The Bertz CT molecular complexity index is 932. The molecule has 7 nitrogen and oxygen atoms in total. The van der Waals surface area contributed by atoms with Crippen LogP contribution in [-0.2, 0) is 11.3 Å². The van der Waals surface area contributed by atoms with Crippen molar-refractivity contribution in [2.24, 2.45) is 5.10 Å². The number of rotatable bonds is 8. The molecule has 3 amide bonds. The maximum absolute atomic E-state index is 13.1. The van der Waals surface area contributed by atoms with Crippen LogP contribution < -0.4 is 15.6 Å². The van der Waals surface area contributed by atoms with Crippen LogP contribution in [0.4, 0.5) is 10.5 Å². The van der Waals surface area contributed by atoms with Gasteiger partial charge in [0.1, 0.15) is 0 Å². The molecule has 3 rings (SSSR count). The summed E-state index contributed by atoms with van der Waals surface area (Å²) in [5, 5.41) is 6.90. The van der Waals surface area contributed by atoms with E-state index in [1.54, 1.807) is 4.90 Å². The van der Waals surface area contributed by atoms with E-state index in [1.807, 2.05) is 54.6 Å². The maximum atomic E-state index is 13.1. The molecule has 2 aromatic rings. The Hall–Kier alpha value is -3.19. The minimum Gasteiger partial charge on any atom is -0.333 e. The molecule has 2 aromatic carbocycles. The molecule has 2 N–H and O–H groups in total. The minimum atomic E-state index is -0.453. The van der Waals surface area contributed by atoms with E-state index >= 15 is 0 Å². The van der Waals surface area contributed by atoms with Crippen molar-refractivity contribution in [1.82, 2.24) is 15.6 Å². The Labute approximate surface area is 184 Å². The first kappa shape index (κ1) is 22.5. The van der Waals surface area contributed by atoms with Gasteiger partial charge in [-0.3, -0.25) is 9.69 Å². The second-order valence-electron chi connectivity index (χ2n) is 8.14. The molecule has 0 unspecified atom stereocenters. The SMILES string of the molecule is CC(C)N(CCN1C(=O)/C(=N/NC(=O)NCc2ccccc2)c2ccccc21)C(C)C. The van der Waals surface area contributed by atoms with Gasteiger partial charge in [-0.05, 0) is 39.3 Å². The van der Waals surface area contributed by atoms with Crippen molar-refractivity contribution >= 4 is 23.3 Å². The molecule has 7 heteroatoms. The number of hydrogen-bond donors (Lipinski definition) is 2. The Morgan fingerprint density at radius 2 is 1.65 bits per heavy atom. The molecule has 0 spiro atoms. The van der Waals surface area contributed by atoms with Crippen molar-refractivity contribution in [2.75, 3.05) is 18.0 Å². The lowest BCUT2D eigenvalue weighted by molar-refractivity contribution is -0.112. The smallest absolute Gasteiger partial charge is 0.333 e. The van der Waals surface area contributed by atoms with E-state index in [2.05, 4.69) is 48.4 Å². The number of carbonyl (C=O) groups excluding carboxylic acids is 2. The Balaban J connectivity index is 1.68. The monoisotopic (exact) mass is 421 g/mol. The van der Waals surface area contributed by atoms with Gasteiger partial charge in [0.2, 0.25) is 0 Å². The van der Waals surface area contributed by atoms with Gasteiger partial charge in [0.25, 0.3) is 5.91 Å². The summed E-state index contributed by atoms with van der Waals surface area (Å²) < 4.78 is 0. The van der Waals surface area contributed by atoms with E-state index < -0.39 is 6.03 Å². The quantitative estimate of drug-likeness (QED) is 0.642. The highest BCUT2D eigenvalue weighted by Crippen LogP contribution is 2.29. The summed E-state index contributed by atoms with van der Waals surface area (Å²) in [6.07, 6.45) is 0. The number of carbonyl (C=O) groups is 2. The van der Waals surface area contributed by atoms with E-state index in [0.717, 1.165) is 23.4 Å². The first-order chi connectivity index (χ1) is 14.9. The van der Waals surface area contributed by atoms with Crippen LogP contribution in [0.3, 0.4) is 0 Å². The molecule has 0 saturated carbocycles. The summed E-state index contributed by atoms with van der Waals surface area (Å²) in [5.74, 6) is -0.197. The highest BCUT2D eigenvalue weighted by atomic mass is 16.2. The molecule has 0 saturated heterocycles. The Morgan fingerprint density at radius 3 is 2.32 bits per heavy atom. The number of anilines is 1. The third-order valence-electron chi connectivity index (χ3n) is 5.37. The third-order valence-corrected chi connectivity index (χ3v) is 5.37. The average Bonchev–Trinajstić information content (AvgIpc) is 3.02. The number of amides is 3. The fourth-order valence-electron chi connectivity index (χ4n) is 3.84. The summed E-state index contributed by atoms with van der Waals surface area (Å²) in [7, 11) is 0. The number of nitrogens with zero attached hydrogens (tertiary/aromatic N) is 3. The predicted octanol–water partition coefficient (Wildman–Crippen LogP) is 3.36. The minimum absolute atomic E-state index is 0.197. The van der Waals surface area contributed by atoms with Gasteiger partial charge < -0.3 is 10.2 Å². The first-order valence-corrected chi connectivity index (χ1v) is 10.7. The molecule has 0 aromatic heterocycles. The van der Waals surface area contributed by atoms with Crippen molar-refractivity contribution in [1.29, 1.82) is 0 Å². The van der Waals surface area contributed by atoms with Crippen molar-refractivity contribution < 1.29 is 9.59 Å². The summed E-state index contributed by atoms with van der Waals surface area (Å²) in [4.78, 5) is 29.4. The number of hydrazone groups is 1. The number of fused-ring (bicyclic) bond motifs is 1. The van der Waals surface area contributed by atoms with Gasteiger partial charge in [-0.15, -0.1) is 0 Å². The zero-order valence-electron chi connectivity index (χ0n) is 18.6. The van der Waals surface area contributed by atoms with Crippen molar-refractivity contribution in [3.05, 3.63) is 65.7 Å². The number of urea groups is 1. The standard InChI is InChI=1S/C24H31N5O2/c1-17(2)28(18(3)4)14-15-29-21-13-9-8-12-20(21)22(23(29)30)26-27-24(31)25-16-19-10-6-5-7-11-19/h5-13,17-18H,14-16H2,1-4H3,(H2,25,27,31)/b26-22+. The fraction of sp³-hybridized carbons (Fsp3) is 0.375. The van der Waals surface area contributed by atoms with Gasteiger partial charge in [-0.25, -0.2) is 10.2 Å². The van der Waals surface area contributed by atoms with Gasteiger partial charge in [-0.1, -0.05) is 48.5 Å².